The van der Waals surface area contributed by atoms with Crippen molar-refractivity contribution in [1.82, 2.24) is 0 Å². The molecule has 5 nitrogen and oxygen atoms in total. The maximum absolute atomic E-state index is 11.8. The van der Waals surface area contributed by atoms with Gasteiger partial charge >= 0.3 is 0 Å². The minimum Gasteiger partial charge on any atom is -0.392 e. The summed E-state index contributed by atoms with van der Waals surface area (Å²) in [6.45, 7) is 1.47. The predicted octanol–water partition coefficient (Wildman–Crippen LogP) is 1.22. The highest BCUT2D eigenvalue weighted by atomic mass is 32.2. The molecule has 1 unspecified atom stereocenters. The number of nitrogens with one attached hydrogen (secondary N) is 1. The molecule has 0 heterocycles. The Hall–Kier alpha value is -1.58. The van der Waals surface area contributed by atoms with Crippen LogP contribution in [0.15, 0.2) is 24.3 Å². The van der Waals surface area contributed by atoms with Crippen molar-refractivity contribution in [1.29, 1.82) is 5.26 Å². The normalized spacial score (nSPS) is 12.8. The number of aliphatic hydroxyl groups is 1. The van der Waals surface area contributed by atoms with E-state index >= 15 is 0 Å². The van der Waals surface area contributed by atoms with Gasteiger partial charge in [-0.1, -0.05) is 19.1 Å². The number of sulfonamides is 1. The van der Waals surface area contributed by atoms with Crippen LogP contribution in [0.4, 0.5) is 5.69 Å². The molecule has 0 aromatic heterocycles. The summed E-state index contributed by atoms with van der Waals surface area (Å²) in [6.07, 6.45) is 0.228. The first-order valence-electron chi connectivity index (χ1n) is 5.14. The van der Waals surface area contributed by atoms with Gasteiger partial charge in [-0.3, -0.25) is 4.72 Å². The van der Waals surface area contributed by atoms with Crippen LogP contribution in [0.1, 0.15) is 18.9 Å². The fourth-order valence-electron chi connectivity index (χ4n) is 1.35. The standard InChI is InChI=1S/C11H14N2O3S/c1-2-11(7-12)17(15,16)13-10-5-3-4-9(6-10)8-14/h3-6,11,13-14H,2,8H2,1H3. The van der Waals surface area contributed by atoms with E-state index in [0.29, 0.717) is 11.3 Å². The van der Waals surface area contributed by atoms with Crippen molar-refractivity contribution in [3.05, 3.63) is 29.8 Å². The molecule has 0 aliphatic heterocycles. The predicted molar refractivity (Wildman–Crippen MR) is 64.6 cm³/mol. The van der Waals surface area contributed by atoms with E-state index in [2.05, 4.69) is 4.72 Å². The molecule has 1 rings (SSSR count). The van der Waals surface area contributed by atoms with Gasteiger partial charge in [-0.05, 0) is 24.1 Å². The second kappa shape index (κ2) is 5.66. The molecule has 0 radical (unpaired) electrons. The third-order valence-corrected chi connectivity index (χ3v) is 3.97. The summed E-state index contributed by atoms with van der Waals surface area (Å²) >= 11 is 0. The fraction of sp³-hybridized carbons (Fsp3) is 0.364. The van der Waals surface area contributed by atoms with Gasteiger partial charge in [0.15, 0.2) is 5.25 Å². The molecule has 0 saturated carbocycles. The Morgan fingerprint density at radius 1 is 1.53 bits per heavy atom. The highest BCUT2D eigenvalue weighted by Crippen LogP contribution is 2.15. The Kier molecular flexibility index (Phi) is 4.49. The van der Waals surface area contributed by atoms with Crippen molar-refractivity contribution in [3.8, 4) is 6.07 Å². The molecule has 2 N–H and O–H groups in total. The molecule has 0 bridgehead atoms. The molecule has 1 aromatic carbocycles. The van der Waals surface area contributed by atoms with E-state index in [9.17, 15) is 8.42 Å². The third kappa shape index (κ3) is 3.44. The average Bonchev–Trinajstić information content (AvgIpc) is 2.29. The minimum atomic E-state index is -3.69. The van der Waals surface area contributed by atoms with Gasteiger partial charge < -0.3 is 5.11 Å². The largest absolute Gasteiger partial charge is 0.392 e. The van der Waals surface area contributed by atoms with E-state index in [1.807, 2.05) is 0 Å². The topological polar surface area (TPSA) is 90.2 Å². The van der Waals surface area contributed by atoms with E-state index in [-0.39, 0.29) is 13.0 Å². The van der Waals surface area contributed by atoms with Crippen LogP contribution in [-0.4, -0.2) is 18.8 Å². The van der Waals surface area contributed by atoms with Crippen LogP contribution in [0.5, 0.6) is 0 Å². The van der Waals surface area contributed by atoms with E-state index in [1.165, 1.54) is 6.07 Å². The van der Waals surface area contributed by atoms with Crippen LogP contribution >= 0.6 is 0 Å². The minimum absolute atomic E-state index is 0.162. The van der Waals surface area contributed by atoms with E-state index in [4.69, 9.17) is 10.4 Å². The van der Waals surface area contributed by atoms with Crippen LogP contribution in [0.3, 0.4) is 0 Å². The van der Waals surface area contributed by atoms with Crippen molar-refractivity contribution >= 4 is 15.7 Å². The first-order chi connectivity index (χ1) is 8.03. The lowest BCUT2D eigenvalue weighted by Gasteiger charge is -2.11. The first kappa shape index (κ1) is 13.5. The van der Waals surface area contributed by atoms with Crippen LogP contribution < -0.4 is 4.72 Å². The van der Waals surface area contributed by atoms with Gasteiger partial charge in [0.05, 0.1) is 12.7 Å². The highest BCUT2D eigenvalue weighted by molar-refractivity contribution is 7.93. The molecule has 0 spiro atoms. The number of aliphatic hydroxyl groups excluding tert-OH is 1. The lowest BCUT2D eigenvalue weighted by atomic mass is 10.2. The fourth-order valence-corrected chi connectivity index (χ4v) is 2.52. The summed E-state index contributed by atoms with van der Waals surface area (Å²) in [6, 6.07) is 8.16. The average molecular weight is 254 g/mol. The number of nitriles is 1. The Labute approximate surface area is 101 Å². The highest BCUT2D eigenvalue weighted by Gasteiger charge is 2.23. The van der Waals surface area contributed by atoms with Crippen LogP contribution in [-0.2, 0) is 16.6 Å². The van der Waals surface area contributed by atoms with Gasteiger partial charge in [-0.25, -0.2) is 8.42 Å². The maximum atomic E-state index is 11.8. The molecule has 0 saturated heterocycles. The Morgan fingerprint density at radius 3 is 2.76 bits per heavy atom. The number of nitrogens with zero attached hydrogens (tertiary/aromatic N) is 1. The summed E-state index contributed by atoms with van der Waals surface area (Å²) in [5.74, 6) is 0. The lowest BCUT2D eigenvalue weighted by molar-refractivity contribution is 0.282. The van der Waals surface area contributed by atoms with Crippen molar-refractivity contribution < 1.29 is 13.5 Å². The Morgan fingerprint density at radius 2 is 2.24 bits per heavy atom. The summed E-state index contributed by atoms with van der Waals surface area (Å²) in [5.41, 5.74) is 0.959. The Bertz CT molecular complexity index is 520. The van der Waals surface area contributed by atoms with E-state index < -0.39 is 15.3 Å². The zero-order valence-corrected chi connectivity index (χ0v) is 10.2. The zero-order valence-electron chi connectivity index (χ0n) is 9.42. The van der Waals surface area contributed by atoms with E-state index in [0.717, 1.165) is 0 Å². The molecule has 1 atom stereocenters. The number of anilines is 1. The smallest absolute Gasteiger partial charge is 0.249 e. The molecule has 0 aliphatic carbocycles. The molecular weight excluding hydrogens is 240 g/mol. The zero-order chi connectivity index (χ0) is 12.9. The molecular formula is C11H14N2O3S. The van der Waals surface area contributed by atoms with Crippen molar-refractivity contribution in [2.45, 2.75) is 25.2 Å². The van der Waals surface area contributed by atoms with Crippen LogP contribution in [0.25, 0.3) is 0 Å². The van der Waals surface area contributed by atoms with E-state index in [1.54, 1.807) is 31.2 Å². The summed E-state index contributed by atoms with van der Waals surface area (Å²) in [4.78, 5) is 0. The SMILES string of the molecule is CCC(C#N)S(=O)(=O)Nc1cccc(CO)c1. The van der Waals surface area contributed by atoms with Crippen LogP contribution in [0.2, 0.25) is 0 Å². The number of rotatable bonds is 5. The second-order valence-corrected chi connectivity index (χ2v) is 5.39. The molecule has 92 valence electrons. The number of hydrogen-bond donors (Lipinski definition) is 2. The molecule has 6 heteroatoms. The summed E-state index contributed by atoms with van der Waals surface area (Å²) in [5, 5.41) is 16.6. The van der Waals surface area contributed by atoms with Gasteiger partial charge in [0, 0.05) is 5.69 Å². The summed E-state index contributed by atoms with van der Waals surface area (Å²) in [7, 11) is -3.69. The molecule has 1 aromatic rings. The van der Waals surface area contributed by atoms with Crippen LogP contribution in [0, 0.1) is 11.3 Å². The Balaban J connectivity index is 2.94. The number of benzene rings is 1. The monoisotopic (exact) mass is 254 g/mol. The quantitative estimate of drug-likeness (QED) is 0.826. The second-order valence-electron chi connectivity index (χ2n) is 3.53. The molecule has 17 heavy (non-hydrogen) atoms. The van der Waals surface area contributed by atoms with Gasteiger partial charge in [0.25, 0.3) is 0 Å². The molecule has 0 aliphatic rings. The lowest BCUT2D eigenvalue weighted by Crippen LogP contribution is -2.25. The van der Waals surface area contributed by atoms with Crippen molar-refractivity contribution in [2.24, 2.45) is 0 Å². The maximum Gasteiger partial charge on any atom is 0.249 e. The first-order valence-corrected chi connectivity index (χ1v) is 6.69. The van der Waals surface area contributed by atoms with Crippen molar-refractivity contribution in [3.63, 3.8) is 0 Å². The van der Waals surface area contributed by atoms with Gasteiger partial charge in [0.2, 0.25) is 10.0 Å². The van der Waals surface area contributed by atoms with Gasteiger partial charge in [-0.2, -0.15) is 5.26 Å². The third-order valence-electron chi connectivity index (χ3n) is 2.26. The van der Waals surface area contributed by atoms with Crippen molar-refractivity contribution in [2.75, 3.05) is 4.72 Å². The van der Waals surface area contributed by atoms with Gasteiger partial charge in [0.1, 0.15) is 0 Å². The van der Waals surface area contributed by atoms with Gasteiger partial charge in [-0.15, -0.1) is 0 Å². The molecule has 0 fully saturated rings. The number of hydrogen-bond acceptors (Lipinski definition) is 4. The summed E-state index contributed by atoms with van der Waals surface area (Å²) < 4.78 is 25.9. The molecule has 0 amide bonds.